The minimum absolute atomic E-state index is 0.0418. The predicted octanol–water partition coefficient (Wildman–Crippen LogP) is 24.8. The second-order valence-electron chi connectivity index (χ2n) is 33.8. The van der Waals surface area contributed by atoms with Gasteiger partial charge in [0.1, 0.15) is 142 Å². The molecular formula is C122H70N16O8S4. The SMILES string of the molecule is COC(=O)c1cc(C(=C(C#N)C#N)C(=C(C#N)C#N)c2ccc(C#Cc3cc(C#Cc4ccc(C(=C(C#N)C#N)C(=C(C#N)C#N)c5cc(C(=O)OC)c6cc(C(C)C)cccc5-6)s4)c(C#Cc4ccc(C(=C(C#N)C#N)C(=C(C#N)C#N)c5cc(C(=O)OC)c6cc(C(C)C)cccc5-6)s4)cc3C#Cc3ccc(C(=C(C#N)C#N)C(=C(C#N)C#N)c4cc(C(=O)OC)c5cc(C(C)C)cccc4-5)s3)s2)c2cccc(C(C)C)cc1-2. The Labute approximate surface area is 880 Å². The first-order chi connectivity index (χ1) is 72.5. The van der Waals surface area contributed by atoms with Crippen molar-refractivity contribution in [1.29, 1.82) is 84.2 Å². The van der Waals surface area contributed by atoms with Gasteiger partial charge in [-0.25, -0.2) is 19.2 Å². The fourth-order valence-corrected chi connectivity index (χ4v) is 20.5. The lowest BCUT2D eigenvalue weighted by Gasteiger charge is -2.13. The molecule has 0 aliphatic heterocycles. The van der Waals surface area contributed by atoms with Crippen molar-refractivity contribution in [3.05, 3.63) is 355 Å². The molecule has 150 heavy (non-hydrogen) atoms. The Morgan fingerprint density at radius 2 is 0.380 bits per heavy atom. The number of fused-ring (bicyclic) bond motifs is 4. The van der Waals surface area contributed by atoms with Crippen molar-refractivity contribution in [2.24, 2.45) is 0 Å². The van der Waals surface area contributed by atoms with Gasteiger partial charge >= 0.3 is 23.9 Å². The van der Waals surface area contributed by atoms with Gasteiger partial charge in [0.15, 0.2) is 0 Å². The summed E-state index contributed by atoms with van der Waals surface area (Å²) in [5.41, 5.74) is 1.14. The van der Waals surface area contributed by atoms with E-state index in [0.717, 1.165) is 67.6 Å². The third-order valence-corrected chi connectivity index (χ3v) is 28.2. The molecule has 0 N–H and O–H groups in total. The fraction of sp³-hybridized carbons (Fsp3) is 0.131. The average Bonchev–Trinajstić information content (AvgIpc) is 1.62. The van der Waals surface area contributed by atoms with Crippen molar-refractivity contribution in [3.8, 4) is 189 Å². The number of rotatable bonds is 20. The number of methoxy groups -OCH3 is 4. The Kier molecular flexibility index (Phi) is 33.3. The van der Waals surface area contributed by atoms with Gasteiger partial charge in [-0.3, -0.25) is 0 Å². The van der Waals surface area contributed by atoms with E-state index in [1.54, 1.807) is 97.1 Å². The van der Waals surface area contributed by atoms with Crippen LogP contribution < -0.4 is 0 Å². The van der Waals surface area contributed by atoms with Crippen molar-refractivity contribution in [1.82, 2.24) is 0 Å². The third kappa shape index (κ3) is 21.3. The summed E-state index contributed by atoms with van der Waals surface area (Å²) >= 11 is 3.72. The molecule has 0 atom stereocenters. The van der Waals surface area contributed by atoms with Gasteiger partial charge in [0.05, 0.1) is 70.2 Å². The number of benzene rings is 1. The van der Waals surface area contributed by atoms with E-state index in [4.69, 9.17) is 18.9 Å². The van der Waals surface area contributed by atoms with Crippen LogP contribution in [0.25, 0.3) is 89.1 Å². The number of thiophene rings is 4. The molecular weight excluding hydrogens is 1950 g/mol. The van der Waals surface area contributed by atoms with E-state index in [9.17, 15) is 103 Å². The zero-order valence-electron chi connectivity index (χ0n) is 81.7. The molecule has 710 valence electrons. The summed E-state index contributed by atoms with van der Waals surface area (Å²) < 4.78 is 21.1. The molecule has 4 heterocycles. The van der Waals surface area contributed by atoms with E-state index in [1.165, 1.54) is 89.1 Å². The molecule has 8 aliphatic rings. The van der Waals surface area contributed by atoms with E-state index in [-0.39, 0.29) is 174 Å². The summed E-state index contributed by atoms with van der Waals surface area (Å²) in [5.74, 6) is 22.4. The molecule has 5 aromatic rings. The lowest BCUT2D eigenvalue weighted by atomic mass is 9.88. The summed E-state index contributed by atoms with van der Waals surface area (Å²) in [6, 6.07) is 80.3. The van der Waals surface area contributed by atoms with Crippen LogP contribution in [0.4, 0.5) is 0 Å². The third-order valence-electron chi connectivity index (χ3n) is 24.1. The Bertz CT molecular complexity index is 8050. The van der Waals surface area contributed by atoms with E-state index < -0.39 is 68.5 Å². The number of nitrogens with zero attached hydrogens (tertiary/aromatic N) is 16. The maximum absolute atomic E-state index is 13.9. The predicted molar refractivity (Wildman–Crippen MR) is 567 cm³/mol. The standard InChI is InChI=1S/C122H70N16O8S4/c1-67(2)71-17-13-21-91-95(43-71)103(119(139)143-9)47-99(91)111(79(51-123)52-124)115(83(59-131)60-132)107-37-33-87(147-107)29-25-75-41-77(27-31-89-35-39-109(149-89)117(85(63-135)64-136)113(81(55-127)56-128)101-49-105(121(141)145-11)97-45-73(69(5)6)19-15-23-93(97)101)78(28-32-90-36-40-110(150-90)118(86(65-137)66-138)114(82(57-129)58-130)102-50-106(122(142)146-12)98-46-74(70(7)8)20-16-24-94(98)102)42-76(75)26-30-88-34-38-108(148-88)116(84(61-133)62-134)112(80(53-125)54-126)100-48-104(120(140)144-10)96-44-72(68(3)4)18-14-22-92(96)100/h13-24,33-50,67-70H,1-12H3. The molecule has 24 nitrogen and oxygen atoms in total. The normalized spacial score (nSPS) is 10.0. The van der Waals surface area contributed by atoms with Gasteiger partial charge in [0, 0.05) is 86.3 Å². The maximum Gasteiger partial charge on any atom is 0.338 e. The van der Waals surface area contributed by atoms with Gasteiger partial charge in [-0.15, -0.1) is 45.3 Å². The number of esters is 4. The zero-order chi connectivity index (χ0) is 108. The van der Waals surface area contributed by atoms with Gasteiger partial charge in [0.2, 0.25) is 0 Å². The number of carbonyl (C=O) groups excluding carboxylic acids is 4. The highest BCUT2D eigenvalue weighted by Crippen LogP contribution is 2.53. The van der Waals surface area contributed by atoms with Crippen LogP contribution in [0.15, 0.2) is 227 Å². The number of nitriles is 16. The largest absolute Gasteiger partial charge is 0.465 e. The lowest BCUT2D eigenvalue weighted by Crippen LogP contribution is -2.00. The molecule has 0 saturated heterocycles. The number of hydrogen-bond donors (Lipinski definition) is 0. The monoisotopic (exact) mass is 2010 g/mol. The molecule has 0 radical (unpaired) electrons. The molecule has 0 saturated carbocycles. The molecule has 4 aromatic heterocycles. The van der Waals surface area contributed by atoms with Crippen LogP contribution in [0.5, 0.6) is 0 Å². The molecule has 0 spiro atoms. The molecule has 0 amide bonds. The Morgan fingerprint density at radius 3 is 0.540 bits per heavy atom. The maximum atomic E-state index is 13.9. The van der Waals surface area contributed by atoms with E-state index in [1.807, 2.05) is 177 Å². The van der Waals surface area contributed by atoms with Crippen molar-refractivity contribution in [2.75, 3.05) is 28.4 Å². The average molecular weight is 2020 g/mol. The highest BCUT2D eigenvalue weighted by molar-refractivity contribution is 7.15. The smallest absolute Gasteiger partial charge is 0.338 e. The van der Waals surface area contributed by atoms with Gasteiger partial charge in [0.25, 0.3) is 0 Å². The molecule has 0 bridgehead atoms. The van der Waals surface area contributed by atoms with Gasteiger partial charge in [-0.05, 0) is 198 Å². The summed E-state index contributed by atoms with van der Waals surface area (Å²) in [7, 11) is 4.75. The highest BCUT2D eigenvalue weighted by Gasteiger charge is 2.37. The van der Waals surface area contributed by atoms with Crippen molar-refractivity contribution in [2.45, 2.75) is 79.1 Å². The van der Waals surface area contributed by atoms with Crippen LogP contribution >= 0.6 is 45.3 Å². The van der Waals surface area contributed by atoms with Gasteiger partial charge < -0.3 is 18.9 Å². The van der Waals surface area contributed by atoms with Crippen LogP contribution in [-0.2, 0) is 18.9 Å². The first-order valence-corrected chi connectivity index (χ1v) is 48.4. The fourth-order valence-electron chi connectivity index (χ4n) is 16.8. The van der Waals surface area contributed by atoms with E-state index >= 15 is 0 Å². The van der Waals surface area contributed by atoms with Crippen LogP contribution in [0.3, 0.4) is 0 Å². The Balaban J connectivity index is 1.09. The topological polar surface area (TPSA) is 486 Å². The molecule has 13 rings (SSSR count). The second kappa shape index (κ2) is 47.1. The van der Waals surface area contributed by atoms with Crippen LogP contribution in [-0.4, -0.2) is 52.3 Å². The van der Waals surface area contributed by atoms with Crippen LogP contribution in [0.2, 0.25) is 0 Å². The summed E-state index contributed by atoms with van der Waals surface area (Å²) in [6.45, 7) is 15.6. The lowest BCUT2D eigenvalue weighted by molar-refractivity contribution is 0.0593. The van der Waals surface area contributed by atoms with Crippen molar-refractivity contribution in [3.63, 3.8) is 0 Å². The first kappa shape index (κ1) is 106. The van der Waals surface area contributed by atoms with Crippen molar-refractivity contribution >= 4 is 114 Å². The Morgan fingerprint density at radius 1 is 0.207 bits per heavy atom. The number of allylic oxidation sites excluding steroid dienone is 16. The molecule has 1 aromatic carbocycles. The zero-order valence-corrected chi connectivity index (χ0v) is 85.0. The number of carbonyl (C=O) groups is 4. The van der Waals surface area contributed by atoms with E-state index in [2.05, 4.69) is 47.4 Å². The number of hydrogen-bond acceptors (Lipinski definition) is 28. The van der Waals surface area contributed by atoms with Gasteiger partial charge in [-0.2, -0.15) is 84.2 Å². The quantitative estimate of drug-likeness (QED) is 0.0225. The molecule has 0 unspecified atom stereocenters. The van der Waals surface area contributed by atoms with Gasteiger partial charge in [-0.1, -0.05) is 200 Å². The highest BCUT2D eigenvalue weighted by atomic mass is 32.1. The minimum atomic E-state index is -0.775. The van der Waals surface area contributed by atoms with Crippen LogP contribution in [0, 0.1) is 229 Å². The first-order valence-electron chi connectivity index (χ1n) is 45.1. The van der Waals surface area contributed by atoms with Crippen LogP contribution in [0.1, 0.15) is 226 Å². The second-order valence-corrected chi connectivity index (χ2v) is 38.2. The van der Waals surface area contributed by atoms with Crippen molar-refractivity contribution < 1.29 is 38.1 Å². The molecule has 8 aliphatic carbocycles. The van der Waals surface area contributed by atoms with E-state index in [0.29, 0.717) is 44.5 Å². The molecule has 28 heteroatoms. The summed E-state index contributed by atoms with van der Waals surface area (Å²) in [6.07, 6.45) is 0. The summed E-state index contributed by atoms with van der Waals surface area (Å²) in [5, 5.41) is 175. The number of ether oxygens (including phenoxy) is 4. The Hall–Kier alpha value is -21.3. The molecule has 0 fully saturated rings. The summed E-state index contributed by atoms with van der Waals surface area (Å²) in [4.78, 5) is 56.9. The minimum Gasteiger partial charge on any atom is -0.465 e.